The summed E-state index contributed by atoms with van der Waals surface area (Å²) < 4.78 is 16.1. The Morgan fingerprint density at radius 3 is 2.00 bits per heavy atom. The molecule has 0 heterocycles. The van der Waals surface area contributed by atoms with Gasteiger partial charge in [-0.1, -0.05) is 29.9 Å². The highest BCUT2D eigenvalue weighted by molar-refractivity contribution is 5.71. The zero-order valence-electron chi connectivity index (χ0n) is 15.6. The van der Waals surface area contributed by atoms with Crippen molar-refractivity contribution in [2.45, 2.75) is 20.3 Å². The van der Waals surface area contributed by atoms with E-state index < -0.39 is 0 Å². The van der Waals surface area contributed by atoms with Gasteiger partial charge in [-0.3, -0.25) is 0 Å². The molecule has 0 fully saturated rings. The minimum absolute atomic E-state index is 0.776. The van der Waals surface area contributed by atoms with E-state index in [1.165, 1.54) is 11.1 Å². The third-order valence-electron chi connectivity index (χ3n) is 3.88. The summed E-state index contributed by atoms with van der Waals surface area (Å²) in [5, 5.41) is 0. The summed E-state index contributed by atoms with van der Waals surface area (Å²) in [6.07, 6.45) is 7.20. The van der Waals surface area contributed by atoms with Crippen LogP contribution in [-0.4, -0.2) is 21.3 Å². The van der Waals surface area contributed by atoms with E-state index in [0.29, 0.717) is 0 Å². The molecule has 3 heteroatoms. The molecule has 2 aromatic carbocycles. The minimum Gasteiger partial charge on any atom is -0.497 e. The maximum absolute atomic E-state index is 5.47. The molecule has 3 nitrogen and oxygen atoms in total. The molecule has 132 valence electrons. The second-order valence-electron chi connectivity index (χ2n) is 6.04. The van der Waals surface area contributed by atoms with E-state index in [4.69, 9.17) is 14.2 Å². The first-order valence-electron chi connectivity index (χ1n) is 8.27. The quantitative estimate of drug-likeness (QED) is 0.500. The Kier molecular flexibility index (Phi) is 6.70. The summed E-state index contributed by atoms with van der Waals surface area (Å²) >= 11 is 0. The second-order valence-corrected chi connectivity index (χ2v) is 6.04. The van der Waals surface area contributed by atoms with Crippen LogP contribution < -0.4 is 14.2 Å². The van der Waals surface area contributed by atoms with Crippen LogP contribution in [-0.2, 0) is 6.42 Å². The molecular formula is C22H26O3. The Morgan fingerprint density at radius 1 is 0.800 bits per heavy atom. The molecular weight excluding hydrogens is 312 g/mol. The number of rotatable bonds is 7. The standard InChI is InChI=1S/C22H26O3/c1-16(2)6-10-19-12-17(9-11-22(19)25-5)7-8-18-13-20(23-3)15-21(14-18)24-4/h6-9,11-15H,10H2,1-5H3/b8-7+. The van der Waals surface area contributed by atoms with Gasteiger partial charge in [-0.05, 0) is 61.2 Å². The first-order valence-corrected chi connectivity index (χ1v) is 8.27. The molecule has 0 aliphatic heterocycles. The molecule has 0 saturated carbocycles. The van der Waals surface area contributed by atoms with Gasteiger partial charge in [0.05, 0.1) is 21.3 Å². The van der Waals surface area contributed by atoms with E-state index in [9.17, 15) is 0 Å². The van der Waals surface area contributed by atoms with Crippen LogP contribution in [0.15, 0.2) is 48.0 Å². The van der Waals surface area contributed by atoms with Crippen LogP contribution in [0, 0.1) is 0 Å². The van der Waals surface area contributed by atoms with Crippen molar-refractivity contribution in [3.05, 3.63) is 64.7 Å². The van der Waals surface area contributed by atoms with Gasteiger partial charge in [0.15, 0.2) is 0 Å². The molecule has 0 unspecified atom stereocenters. The third kappa shape index (κ3) is 5.42. The molecule has 0 aromatic heterocycles. The fourth-order valence-electron chi connectivity index (χ4n) is 2.49. The van der Waals surface area contributed by atoms with Crippen molar-refractivity contribution in [3.8, 4) is 17.2 Å². The van der Waals surface area contributed by atoms with Crippen LogP contribution >= 0.6 is 0 Å². The van der Waals surface area contributed by atoms with Gasteiger partial charge in [-0.15, -0.1) is 0 Å². The van der Waals surface area contributed by atoms with Crippen molar-refractivity contribution in [2.24, 2.45) is 0 Å². The molecule has 0 radical (unpaired) electrons. The fraction of sp³-hybridized carbons (Fsp3) is 0.273. The van der Waals surface area contributed by atoms with Gasteiger partial charge in [0, 0.05) is 6.07 Å². The highest BCUT2D eigenvalue weighted by Gasteiger charge is 2.03. The normalized spacial score (nSPS) is 10.6. The molecule has 0 amide bonds. The van der Waals surface area contributed by atoms with E-state index in [1.54, 1.807) is 21.3 Å². The van der Waals surface area contributed by atoms with Gasteiger partial charge in [0.1, 0.15) is 17.2 Å². The lowest BCUT2D eigenvalue weighted by molar-refractivity contribution is 0.394. The third-order valence-corrected chi connectivity index (χ3v) is 3.88. The Hall–Kier alpha value is -2.68. The highest BCUT2D eigenvalue weighted by Crippen LogP contribution is 2.25. The zero-order valence-corrected chi connectivity index (χ0v) is 15.6. The predicted molar refractivity (Wildman–Crippen MR) is 105 cm³/mol. The average Bonchev–Trinajstić information content (AvgIpc) is 2.64. The average molecular weight is 338 g/mol. The van der Waals surface area contributed by atoms with Gasteiger partial charge < -0.3 is 14.2 Å². The molecule has 0 aliphatic carbocycles. The van der Waals surface area contributed by atoms with Crippen molar-refractivity contribution in [1.82, 2.24) is 0 Å². The molecule has 0 spiro atoms. The van der Waals surface area contributed by atoms with Crippen LogP contribution in [0.3, 0.4) is 0 Å². The lowest BCUT2D eigenvalue weighted by Gasteiger charge is -2.08. The molecule has 2 aromatic rings. The van der Waals surface area contributed by atoms with Crippen LogP contribution in [0.2, 0.25) is 0 Å². The zero-order chi connectivity index (χ0) is 18.2. The molecule has 2 rings (SSSR count). The monoisotopic (exact) mass is 338 g/mol. The van der Waals surface area contributed by atoms with Crippen LogP contribution in [0.4, 0.5) is 0 Å². The second kappa shape index (κ2) is 8.97. The van der Waals surface area contributed by atoms with E-state index in [2.05, 4.69) is 44.2 Å². The SMILES string of the molecule is COc1cc(/C=C/c2ccc(OC)c(CC=C(C)C)c2)cc(OC)c1. The van der Waals surface area contributed by atoms with Gasteiger partial charge in [-0.2, -0.15) is 0 Å². The summed E-state index contributed by atoms with van der Waals surface area (Å²) in [5.41, 5.74) is 4.62. The maximum atomic E-state index is 5.47. The summed E-state index contributed by atoms with van der Waals surface area (Å²) in [5.74, 6) is 2.47. The largest absolute Gasteiger partial charge is 0.497 e. The number of allylic oxidation sites excluding steroid dienone is 2. The molecule has 0 bridgehead atoms. The summed E-state index contributed by atoms with van der Waals surface area (Å²) in [7, 11) is 5.02. The summed E-state index contributed by atoms with van der Waals surface area (Å²) in [4.78, 5) is 0. The van der Waals surface area contributed by atoms with Gasteiger partial charge in [0.25, 0.3) is 0 Å². The van der Waals surface area contributed by atoms with Crippen molar-refractivity contribution >= 4 is 12.2 Å². The minimum atomic E-state index is 0.776. The Balaban J connectivity index is 2.29. The molecule has 0 saturated heterocycles. The van der Waals surface area contributed by atoms with Crippen LogP contribution in [0.25, 0.3) is 12.2 Å². The fourth-order valence-corrected chi connectivity index (χ4v) is 2.49. The maximum Gasteiger partial charge on any atom is 0.123 e. The first-order chi connectivity index (χ1) is 12.0. The molecule has 0 atom stereocenters. The van der Waals surface area contributed by atoms with E-state index in [0.717, 1.165) is 34.8 Å². The van der Waals surface area contributed by atoms with E-state index >= 15 is 0 Å². The van der Waals surface area contributed by atoms with Crippen molar-refractivity contribution in [3.63, 3.8) is 0 Å². The Morgan fingerprint density at radius 2 is 1.44 bits per heavy atom. The van der Waals surface area contributed by atoms with E-state index in [-0.39, 0.29) is 0 Å². The number of hydrogen-bond donors (Lipinski definition) is 0. The molecule has 0 aliphatic rings. The Labute approximate surface area is 150 Å². The number of ether oxygens (including phenoxy) is 3. The van der Waals surface area contributed by atoms with Crippen LogP contribution in [0.1, 0.15) is 30.5 Å². The van der Waals surface area contributed by atoms with Gasteiger partial charge >= 0.3 is 0 Å². The first kappa shape index (κ1) is 18.7. The molecule has 25 heavy (non-hydrogen) atoms. The van der Waals surface area contributed by atoms with Crippen molar-refractivity contribution in [2.75, 3.05) is 21.3 Å². The van der Waals surface area contributed by atoms with Crippen molar-refractivity contribution in [1.29, 1.82) is 0 Å². The lowest BCUT2D eigenvalue weighted by Crippen LogP contribution is -1.92. The number of methoxy groups -OCH3 is 3. The number of hydrogen-bond acceptors (Lipinski definition) is 3. The van der Waals surface area contributed by atoms with Crippen molar-refractivity contribution < 1.29 is 14.2 Å². The summed E-state index contributed by atoms with van der Waals surface area (Å²) in [6, 6.07) is 12.0. The lowest BCUT2D eigenvalue weighted by atomic mass is 10.0. The summed E-state index contributed by atoms with van der Waals surface area (Å²) in [6.45, 7) is 4.21. The van der Waals surface area contributed by atoms with E-state index in [1.807, 2.05) is 24.3 Å². The predicted octanol–water partition coefficient (Wildman–Crippen LogP) is 5.39. The van der Waals surface area contributed by atoms with Gasteiger partial charge in [0.2, 0.25) is 0 Å². The van der Waals surface area contributed by atoms with Crippen LogP contribution in [0.5, 0.6) is 17.2 Å². The Bertz CT molecular complexity index is 747. The number of benzene rings is 2. The highest BCUT2D eigenvalue weighted by atomic mass is 16.5. The smallest absolute Gasteiger partial charge is 0.123 e. The van der Waals surface area contributed by atoms with Gasteiger partial charge in [-0.25, -0.2) is 0 Å². The molecule has 0 N–H and O–H groups in total. The topological polar surface area (TPSA) is 27.7 Å².